The Kier molecular flexibility index (Phi) is 8.02. The molecule has 2 aliphatic rings. The number of likely N-dealkylation sites (N-methyl/N-ethyl adjacent to an activating group) is 1. The molecule has 2 aromatic rings. The zero-order valence-corrected chi connectivity index (χ0v) is 21.0. The van der Waals surface area contributed by atoms with Crippen LogP contribution in [-0.2, 0) is 15.8 Å². The number of fused-ring (bicyclic) bond motifs is 1. The molecular formula is C28H32F3N3O3. The number of benzene rings is 2. The van der Waals surface area contributed by atoms with Crippen LogP contribution < -0.4 is 10.2 Å². The molecule has 4 rings (SSSR count). The normalized spacial score (nSPS) is 19.5. The molecule has 1 saturated carbocycles. The van der Waals surface area contributed by atoms with E-state index in [9.17, 15) is 27.9 Å². The number of para-hydroxylation sites is 1. The van der Waals surface area contributed by atoms with Crippen molar-refractivity contribution < 1.29 is 27.9 Å². The van der Waals surface area contributed by atoms with Gasteiger partial charge in [-0.2, -0.15) is 13.2 Å². The highest BCUT2D eigenvalue weighted by Gasteiger charge is 2.37. The van der Waals surface area contributed by atoms with Crippen molar-refractivity contribution in [2.24, 2.45) is 16.8 Å². The van der Waals surface area contributed by atoms with E-state index in [0.29, 0.717) is 41.3 Å². The minimum atomic E-state index is -4.48. The summed E-state index contributed by atoms with van der Waals surface area (Å²) >= 11 is 0. The number of alkyl halides is 3. The highest BCUT2D eigenvalue weighted by Crippen LogP contribution is 2.37. The van der Waals surface area contributed by atoms with Crippen molar-refractivity contribution in [2.45, 2.75) is 63.9 Å². The van der Waals surface area contributed by atoms with Crippen molar-refractivity contribution in [1.82, 2.24) is 5.32 Å². The Bertz CT molecular complexity index is 1160. The molecule has 0 aromatic heterocycles. The first-order chi connectivity index (χ1) is 17.6. The predicted octanol–water partition coefficient (Wildman–Crippen LogP) is 4.93. The number of nitrogens with zero attached hydrogens (tertiary/aromatic N) is 2. The average molecular weight is 516 g/mol. The Labute approximate surface area is 214 Å². The molecule has 2 N–H and O–H groups in total. The van der Waals surface area contributed by atoms with Gasteiger partial charge in [0.05, 0.1) is 29.0 Å². The van der Waals surface area contributed by atoms with Crippen molar-refractivity contribution in [2.75, 3.05) is 11.9 Å². The minimum absolute atomic E-state index is 0.303. The topological polar surface area (TPSA) is 82.0 Å². The fourth-order valence-corrected chi connectivity index (χ4v) is 4.67. The third-order valence-corrected chi connectivity index (χ3v) is 7.05. The van der Waals surface area contributed by atoms with E-state index in [-0.39, 0.29) is 0 Å². The first kappa shape index (κ1) is 26.9. The summed E-state index contributed by atoms with van der Waals surface area (Å²) in [6.45, 7) is 2.01. The lowest BCUT2D eigenvalue weighted by atomic mass is 9.91. The molecular weight excluding hydrogens is 483 g/mol. The van der Waals surface area contributed by atoms with E-state index in [1.165, 1.54) is 17.0 Å². The highest BCUT2D eigenvalue weighted by molar-refractivity contribution is 6.20. The first-order valence-corrected chi connectivity index (χ1v) is 12.7. The van der Waals surface area contributed by atoms with Gasteiger partial charge in [-0.05, 0) is 37.0 Å². The number of hydrogen-bond donors (Lipinski definition) is 2. The van der Waals surface area contributed by atoms with Gasteiger partial charge in [-0.25, -0.2) is 4.99 Å². The fourth-order valence-electron chi connectivity index (χ4n) is 4.67. The molecule has 2 aromatic carbocycles. The Morgan fingerprint density at radius 3 is 2.46 bits per heavy atom. The number of halogens is 3. The molecule has 0 spiro atoms. The van der Waals surface area contributed by atoms with Gasteiger partial charge in [0.25, 0.3) is 5.91 Å². The molecule has 2 amide bonds. The van der Waals surface area contributed by atoms with Gasteiger partial charge in [0, 0.05) is 18.2 Å². The zero-order valence-electron chi connectivity index (χ0n) is 21.0. The lowest BCUT2D eigenvalue weighted by molar-refractivity contribution is -0.137. The summed E-state index contributed by atoms with van der Waals surface area (Å²) in [5.74, 6) is -1.19. The van der Waals surface area contributed by atoms with Gasteiger partial charge in [0.15, 0.2) is 0 Å². The molecule has 6 nitrogen and oxygen atoms in total. The maximum atomic E-state index is 13.4. The van der Waals surface area contributed by atoms with E-state index in [4.69, 9.17) is 0 Å². The van der Waals surface area contributed by atoms with Crippen LogP contribution in [0, 0.1) is 11.8 Å². The number of aliphatic hydroxyl groups is 1. The summed E-state index contributed by atoms with van der Waals surface area (Å²) in [6.07, 6.45) is -1.86. The standard InChI is InChI=1S/C28H32F3N3O3/c1-3-4-9-23(35)21(16-17-10-11-17)26(36)33-25-27(37)34(2)22-8-6-5-7-20(22)24(32-25)18-12-14-19(15-13-18)28(29,30)31/h5-8,12-15,17,21,23,25,35H,3-4,9-11,16H2,1-2H3,(H,33,36)/t21-,23-,25?/m0/s1. The third kappa shape index (κ3) is 6.21. The number of unbranched alkanes of at least 4 members (excludes halogenated alkanes) is 1. The van der Waals surface area contributed by atoms with E-state index in [1.54, 1.807) is 31.3 Å². The highest BCUT2D eigenvalue weighted by atomic mass is 19.4. The number of benzodiazepines with no additional fused rings is 1. The summed E-state index contributed by atoms with van der Waals surface area (Å²) in [4.78, 5) is 32.7. The summed E-state index contributed by atoms with van der Waals surface area (Å²) in [7, 11) is 1.57. The predicted molar refractivity (Wildman–Crippen MR) is 135 cm³/mol. The molecule has 1 aliphatic carbocycles. The molecule has 198 valence electrons. The number of hydrogen-bond acceptors (Lipinski definition) is 4. The fraction of sp³-hybridized carbons (Fsp3) is 0.464. The van der Waals surface area contributed by atoms with Crippen LogP contribution in [0.1, 0.15) is 62.1 Å². The molecule has 0 radical (unpaired) electrons. The minimum Gasteiger partial charge on any atom is -0.392 e. The largest absolute Gasteiger partial charge is 0.416 e. The molecule has 1 fully saturated rings. The quantitative estimate of drug-likeness (QED) is 0.497. The van der Waals surface area contributed by atoms with Crippen molar-refractivity contribution in [3.63, 3.8) is 0 Å². The molecule has 9 heteroatoms. The summed E-state index contributed by atoms with van der Waals surface area (Å²) < 4.78 is 39.4. The van der Waals surface area contributed by atoms with Crippen molar-refractivity contribution in [3.8, 4) is 0 Å². The van der Waals surface area contributed by atoms with E-state index in [2.05, 4.69) is 10.3 Å². The van der Waals surface area contributed by atoms with Crippen molar-refractivity contribution in [3.05, 3.63) is 65.2 Å². The zero-order chi connectivity index (χ0) is 26.7. The monoisotopic (exact) mass is 515 g/mol. The van der Waals surface area contributed by atoms with Crippen LogP contribution in [0.3, 0.4) is 0 Å². The van der Waals surface area contributed by atoms with Crippen molar-refractivity contribution >= 4 is 23.2 Å². The second-order valence-corrected chi connectivity index (χ2v) is 9.87. The van der Waals surface area contributed by atoms with E-state index < -0.39 is 41.7 Å². The van der Waals surface area contributed by atoms with Crippen LogP contribution in [0.25, 0.3) is 0 Å². The maximum Gasteiger partial charge on any atom is 0.416 e. The second kappa shape index (κ2) is 11.0. The SMILES string of the molecule is CCCC[C@H](O)[C@H](CC1CC1)C(=O)NC1N=C(c2ccc(C(F)(F)F)cc2)c2ccccc2N(C)C1=O. The van der Waals surface area contributed by atoms with Crippen LogP contribution in [0.2, 0.25) is 0 Å². The number of aliphatic imine (C=N–C) groups is 1. The smallest absolute Gasteiger partial charge is 0.392 e. The van der Waals surface area contributed by atoms with Gasteiger partial charge in [-0.15, -0.1) is 0 Å². The van der Waals surface area contributed by atoms with Gasteiger partial charge in [-0.3, -0.25) is 9.59 Å². The van der Waals surface area contributed by atoms with Crippen LogP contribution in [0.15, 0.2) is 53.5 Å². The maximum absolute atomic E-state index is 13.4. The number of carbonyl (C=O) groups excluding carboxylic acids is 2. The third-order valence-electron chi connectivity index (χ3n) is 7.05. The van der Waals surface area contributed by atoms with E-state index in [0.717, 1.165) is 37.8 Å². The lowest BCUT2D eigenvalue weighted by Gasteiger charge is -2.25. The van der Waals surface area contributed by atoms with Crippen molar-refractivity contribution in [1.29, 1.82) is 0 Å². The average Bonchev–Trinajstić information content (AvgIpc) is 3.71. The summed E-state index contributed by atoms with van der Waals surface area (Å²) in [5, 5.41) is 13.5. The number of nitrogens with one attached hydrogen (secondary N) is 1. The second-order valence-electron chi connectivity index (χ2n) is 9.87. The summed E-state index contributed by atoms with van der Waals surface area (Å²) in [6, 6.07) is 11.5. The van der Waals surface area contributed by atoms with Gasteiger partial charge in [0.2, 0.25) is 12.1 Å². The number of aliphatic hydroxyl groups excluding tert-OH is 1. The summed E-state index contributed by atoms with van der Waals surface area (Å²) in [5.41, 5.74) is 0.992. The number of carbonyl (C=O) groups is 2. The van der Waals surface area contributed by atoms with Gasteiger partial charge in [0.1, 0.15) is 0 Å². The molecule has 3 atom stereocenters. The molecule has 1 aliphatic heterocycles. The van der Waals surface area contributed by atoms with Crippen LogP contribution in [0.5, 0.6) is 0 Å². The molecule has 1 unspecified atom stereocenters. The number of anilines is 1. The molecule has 37 heavy (non-hydrogen) atoms. The molecule has 1 heterocycles. The number of amides is 2. The van der Waals surface area contributed by atoms with E-state index >= 15 is 0 Å². The van der Waals surface area contributed by atoms with Gasteiger partial charge >= 0.3 is 6.18 Å². The van der Waals surface area contributed by atoms with Crippen LogP contribution >= 0.6 is 0 Å². The Hall–Kier alpha value is -3.20. The van der Waals surface area contributed by atoms with Crippen LogP contribution in [0.4, 0.5) is 18.9 Å². The Morgan fingerprint density at radius 2 is 1.84 bits per heavy atom. The number of rotatable bonds is 9. The Balaban J connectivity index is 1.68. The van der Waals surface area contributed by atoms with E-state index in [1.807, 2.05) is 6.92 Å². The molecule has 0 saturated heterocycles. The first-order valence-electron chi connectivity index (χ1n) is 12.7. The Morgan fingerprint density at radius 1 is 1.16 bits per heavy atom. The van der Waals surface area contributed by atoms with Gasteiger partial charge < -0.3 is 15.3 Å². The lowest BCUT2D eigenvalue weighted by Crippen LogP contribution is -2.49. The van der Waals surface area contributed by atoms with Crippen LogP contribution in [-0.4, -0.2) is 41.9 Å². The molecule has 0 bridgehead atoms. The van der Waals surface area contributed by atoms with Gasteiger partial charge in [-0.1, -0.05) is 62.9 Å².